The first-order valence-electron chi connectivity index (χ1n) is 7.17. The van der Waals surface area contributed by atoms with E-state index in [4.69, 9.17) is 0 Å². The van der Waals surface area contributed by atoms with Crippen molar-refractivity contribution in [1.29, 1.82) is 0 Å². The molecule has 2 N–H and O–H groups in total. The summed E-state index contributed by atoms with van der Waals surface area (Å²) in [6.45, 7) is 1.46. The molecule has 4 nitrogen and oxygen atoms in total. The third kappa shape index (κ3) is 3.40. The average Bonchev–Trinajstić information content (AvgIpc) is 2.48. The first-order chi connectivity index (χ1) is 9.48. The molecule has 2 rings (SSSR count). The minimum Gasteiger partial charge on any atom is -0.394 e. The van der Waals surface area contributed by atoms with Gasteiger partial charge in [-0.15, -0.1) is 0 Å². The lowest BCUT2D eigenvalue weighted by atomic mass is 9.94. The van der Waals surface area contributed by atoms with E-state index in [1.165, 1.54) is 0 Å². The quantitative estimate of drug-likeness (QED) is 0.875. The predicted molar refractivity (Wildman–Crippen MR) is 79.8 cm³/mol. The van der Waals surface area contributed by atoms with Gasteiger partial charge in [0.15, 0.2) is 0 Å². The van der Waals surface area contributed by atoms with Gasteiger partial charge in [-0.25, -0.2) is 13.1 Å². The summed E-state index contributed by atoms with van der Waals surface area (Å²) < 4.78 is 27.8. The van der Waals surface area contributed by atoms with Gasteiger partial charge in [0.2, 0.25) is 10.0 Å². The Kier molecular flexibility index (Phi) is 4.83. The van der Waals surface area contributed by atoms with Gasteiger partial charge in [-0.1, -0.05) is 49.6 Å². The second-order valence-electron chi connectivity index (χ2n) is 5.76. The molecule has 1 unspecified atom stereocenters. The Bertz CT molecular complexity index is 523. The molecule has 5 heteroatoms. The third-order valence-corrected chi connectivity index (χ3v) is 6.17. The van der Waals surface area contributed by atoms with Crippen LogP contribution >= 0.6 is 0 Å². The van der Waals surface area contributed by atoms with Crippen LogP contribution in [0.15, 0.2) is 30.3 Å². The fourth-order valence-electron chi connectivity index (χ4n) is 2.76. The molecule has 1 saturated carbocycles. The van der Waals surface area contributed by atoms with Crippen LogP contribution in [0.3, 0.4) is 0 Å². The van der Waals surface area contributed by atoms with Gasteiger partial charge in [-0.05, 0) is 25.3 Å². The number of rotatable bonds is 5. The van der Waals surface area contributed by atoms with Crippen molar-refractivity contribution < 1.29 is 13.5 Å². The van der Waals surface area contributed by atoms with E-state index in [1.807, 2.05) is 30.3 Å². The van der Waals surface area contributed by atoms with Gasteiger partial charge in [-0.2, -0.15) is 0 Å². The number of sulfonamides is 1. The SMILES string of the molecule is CC(CO)(NS(=O)(=O)C1CCCCC1)c1ccccc1. The van der Waals surface area contributed by atoms with Gasteiger partial charge < -0.3 is 5.11 Å². The maximum Gasteiger partial charge on any atom is 0.215 e. The molecule has 1 fully saturated rings. The number of aliphatic hydroxyl groups excluding tert-OH is 1. The Morgan fingerprint density at radius 1 is 1.20 bits per heavy atom. The zero-order chi connectivity index (χ0) is 14.6. The fraction of sp³-hybridized carbons (Fsp3) is 0.600. The Balaban J connectivity index is 2.20. The van der Waals surface area contributed by atoms with Crippen LogP contribution in [0.5, 0.6) is 0 Å². The molecule has 1 atom stereocenters. The number of nitrogens with one attached hydrogen (secondary N) is 1. The van der Waals surface area contributed by atoms with Crippen molar-refractivity contribution in [3.05, 3.63) is 35.9 Å². The van der Waals surface area contributed by atoms with Crippen LogP contribution in [0.25, 0.3) is 0 Å². The van der Waals surface area contributed by atoms with Gasteiger partial charge in [0.05, 0.1) is 17.4 Å². The Labute approximate surface area is 121 Å². The van der Waals surface area contributed by atoms with Crippen LogP contribution in [0.1, 0.15) is 44.6 Å². The second-order valence-corrected chi connectivity index (χ2v) is 7.72. The molecule has 0 spiro atoms. The summed E-state index contributed by atoms with van der Waals surface area (Å²) in [7, 11) is -3.41. The Morgan fingerprint density at radius 2 is 1.80 bits per heavy atom. The maximum atomic E-state index is 12.5. The smallest absolute Gasteiger partial charge is 0.215 e. The summed E-state index contributed by atoms with van der Waals surface area (Å²) in [4.78, 5) is 0. The molecule has 0 aliphatic heterocycles. The van der Waals surface area contributed by atoms with Crippen LogP contribution in [-0.4, -0.2) is 25.4 Å². The summed E-state index contributed by atoms with van der Waals surface area (Å²) in [5.74, 6) is 0. The lowest BCUT2D eigenvalue weighted by molar-refractivity contribution is 0.195. The third-order valence-electron chi connectivity index (χ3n) is 4.09. The van der Waals surface area contributed by atoms with Crippen molar-refractivity contribution in [2.45, 2.75) is 49.8 Å². The fourth-order valence-corrected chi connectivity index (χ4v) is 4.69. The molecular formula is C15H23NO3S. The normalized spacial score (nSPS) is 20.5. The molecule has 0 amide bonds. The molecule has 1 aliphatic rings. The van der Waals surface area contributed by atoms with Gasteiger partial charge in [0, 0.05) is 0 Å². The lowest BCUT2D eigenvalue weighted by Gasteiger charge is -2.32. The highest BCUT2D eigenvalue weighted by atomic mass is 32.2. The van der Waals surface area contributed by atoms with E-state index in [0.717, 1.165) is 24.8 Å². The summed E-state index contributed by atoms with van der Waals surface area (Å²) in [6, 6.07) is 9.23. The Hall–Kier alpha value is -0.910. The molecule has 0 radical (unpaired) electrons. The lowest BCUT2D eigenvalue weighted by Crippen LogP contribution is -2.49. The van der Waals surface area contributed by atoms with E-state index < -0.39 is 15.6 Å². The molecule has 1 aromatic rings. The van der Waals surface area contributed by atoms with Gasteiger partial charge >= 0.3 is 0 Å². The number of hydrogen-bond donors (Lipinski definition) is 2. The summed E-state index contributed by atoms with van der Waals surface area (Å²) >= 11 is 0. The highest BCUT2D eigenvalue weighted by Gasteiger charge is 2.35. The molecule has 1 aliphatic carbocycles. The van der Waals surface area contributed by atoms with Crippen molar-refractivity contribution in [3.8, 4) is 0 Å². The number of aliphatic hydroxyl groups is 1. The average molecular weight is 297 g/mol. The molecule has 20 heavy (non-hydrogen) atoms. The number of hydrogen-bond acceptors (Lipinski definition) is 3. The monoisotopic (exact) mass is 297 g/mol. The first-order valence-corrected chi connectivity index (χ1v) is 8.72. The van der Waals surface area contributed by atoms with Crippen molar-refractivity contribution in [2.24, 2.45) is 0 Å². The standard InChI is InChI=1S/C15H23NO3S/c1-15(12-17,13-8-4-2-5-9-13)16-20(18,19)14-10-6-3-7-11-14/h2,4-5,8-9,14,16-17H,3,6-7,10-12H2,1H3. The highest BCUT2D eigenvalue weighted by Crippen LogP contribution is 2.27. The minimum atomic E-state index is -3.41. The molecular weight excluding hydrogens is 274 g/mol. The van der Waals surface area contributed by atoms with E-state index in [2.05, 4.69) is 4.72 Å². The minimum absolute atomic E-state index is 0.261. The van der Waals surface area contributed by atoms with Crippen LogP contribution < -0.4 is 4.72 Å². The predicted octanol–water partition coefficient (Wildman–Crippen LogP) is 2.15. The van der Waals surface area contributed by atoms with E-state index in [9.17, 15) is 13.5 Å². The zero-order valence-electron chi connectivity index (χ0n) is 11.9. The van der Waals surface area contributed by atoms with Gasteiger partial charge in [0.1, 0.15) is 0 Å². The van der Waals surface area contributed by atoms with Crippen molar-refractivity contribution in [1.82, 2.24) is 4.72 Å². The van der Waals surface area contributed by atoms with Crippen molar-refractivity contribution in [3.63, 3.8) is 0 Å². The molecule has 112 valence electrons. The number of benzene rings is 1. The van der Waals surface area contributed by atoms with Crippen LogP contribution in [0.4, 0.5) is 0 Å². The van der Waals surface area contributed by atoms with Gasteiger partial charge in [-0.3, -0.25) is 0 Å². The van der Waals surface area contributed by atoms with Crippen molar-refractivity contribution in [2.75, 3.05) is 6.61 Å². The van der Waals surface area contributed by atoms with Crippen molar-refractivity contribution >= 4 is 10.0 Å². The molecule has 0 aromatic heterocycles. The van der Waals surface area contributed by atoms with Gasteiger partial charge in [0.25, 0.3) is 0 Å². The van der Waals surface area contributed by atoms with E-state index >= 15 is 0 Å². The van der Waals surface area contributed by atoms with E-state index in [-0.39, 0.29) is 11.9 Å². The summed E-state index contributed by atoms with van der Waals surface area (Å²) in [6.07, 6.45) is 4.47. The molecule has 0 bridgehead atoms. The molecule has 1 aromatic carbocycles. The van der Waals surface area contributed by atoms with E-state index in [1.54, 1.807) is 6.92 Å². The van der Waals surface area contributed by atoms with Crippen LogP contribution in [0.2, 0.25) is 0 Å². The largest absolute Gasteiger partial charge is 0.394 e. The zero-order valence-corrected chi connectivity index (χ0v) is 12.7. The van der Waals surface area contributed by atoms with E-state index in [0.29, 0.717) is 12.8 Å². The topological polar surface area (TPSA) is 66.4 Å². The second kappa shape index (κ2) is 6.24. The highest BCUT2D eigenvalue weighted by molar-refractivity contribution is 7.90. The summed E-state index contributed by atoms with van der Waals surface area (Å²) in [5, 5.41) is 9.35. The van der Waals surface area contributed by atoms with Crippen LogP contribution in [-0.2, 0) is 15.6 Å². The maximum absolute atomic E-state index is 12.5. The Morgan fingerprint density at radius 3 is 2.35 bits per heavy atom. The molecule has 0 saturated heterocycles. The first kappa shape index (κ1) is 15.5. The summed E-state index contributed by atoms with van der Waals surface area (Å²) in [5.41, 5.74) is -0.181. The molecule has 0 heterocycles. The van der Waals surface area contributed by atoms with Crippen LogP contribution in [0, 0.1) is 0 Å².